The molecule has 118 valence electrons. The van der Waals surface area contributed by atoms with Crippen molar-refractivity contribution >= 4 is 6.09 Å². The van der Waals surface area contributed by atoms with Gasteiger partial charge in [-0.25, -0.2) is 4.79 Å². The van der Waals surface area contributed by atoms with Crippen LogP contribution in [0.4, 0.5) is 4.79 Å². The van der Waals surface area contributed by atoms with Crippen LogP contribution in [-0.2, 0) is 11.3 Å². The number of rotatable bonds is 4. The number of aryl methyl sites for hydroxylation is 1. The summed E-state index contributed by atoms with van der Waals surface area (Å²) in [4.78, 5) is 13.8. The molecule has 1 atom stereocenters. The van der Waals surface area contributed by atoms with Gasteiger partial charge in [-0.05, 0) is 52.2 Å². The summed E-state index contributed by atoms with van der Waals surface area (Å²) in [6.07, 6.45) is 0.815. The highest BCUT2D eigenvalue weighted by atomic mass is 16.6. The van der Waals surface area contributed by atoms with E-state index in [0.717, 1.165) is 44.1 Å². The summed E-state index contributed by atoms with van der Waals surface area (Å²) in [6.45, 7) is 10.8. The molecule has 21 heavy (non-hydrogen) atoms. The average Bonchev–Trinajstić information content (AvgIpc) is 2.97. The number of carbonyl (C=O) groups is 1. The maximum atomic E-state index is 12.0. The van der Waals surface area contributed by atoms with Crippen molar-refractivity contribution in [2.75, 3.05) is 19.6 Å². The maximum Gasteiger partial charge on any atom is 0.410 e. The Hall–Kier alpha value is -1.49. The predicted molar refractivity (Wildman–Crippen MR) is 81.1 cm³/mol. The van der Waals surface area contributed by atoms with Crippen molar-refractivity contribution < 1.29 is 13.9 Å². The molecule has 1 aliphatic rings. The highest BCUT2D eigenvalue weighted by Gasteiger charge is 2.29. The monoisotopic (exact) mass is 294 g/mol. The summed E-state index contributed by atoms with van der Waals surface area (Å²) in [5.41, 5.74) is -0.426. The van der Waals surface area contributed by atoms with E-state index < -0.39 is 5.60 Å². The van der Waals surface area contributed by atoms with Gasteiger partial charge in [-0.2, -0.15) is 0 Å². The van der Waals surface area contributed by atoms with Gasteiger partial charge in [-0.15, -0.1) is 0 Å². The normalized spacial score (nSPS) is 19.0. The fourth-order valence-electron chi connectivity index (χ4n) is 2.47. The summed E-state index contributed by atoms with van der Waals surface area (Å²) in [6, 6.07) is 3.96. The first-order valence-electron chi connectivity index (χ1n) is 7.57. The second-order valence-electron chi connectivity index (χ2n) is 6.72. The Balaban J connectivity index is 1.69. The number of likely N-dealkylation sites (tertiary alicyclic amines) is 1. The molecular weight excluding hydrogens is 268 g/mol. The molecule has 5 heteroatoms. The number of furan rings is 1. The van der Waals surface area contributed by atoms with Crippen molar-refractivity contribution in [1.29, 1.82) is 0 Å². The topological polar surface area (TPSA) is 54.7 Å². The van der Waals surface area contributed by atoms with Crippen molar-refractivity contribution in [1.82, 2.24) is 10.2 Å². The molecule has 2 rings (SSSR count). The van der Waals surface area contributed by atoms with Crippen molar-refractivity contribution in [2.45, 2.75) is 46.3 Å². The molecule has 1 aromatic rings. The Morgan fingerprint density at radius 2 is 2.24 bits per heavy atom. The lowest BCUT2D eigenvalue weighted by Gasteiger charge is -2.24. The summed E-state index contributed by atoms with van der Waals surface area (Å²) < 4.78 is 10.9. The standard InChI is InChI=1S/C16H26N2O3/c1-12-5-6-14(20-12)10-17-9-13-7-8-18(11-13)15(19)21-16(2,3)4/h5-6,13,17H,7-11H2,1-4H3. The Bertz CT molecular complexity index is 476. The van der Waals surface area contributed by atoms with Crippen LogP contribution in [0.25, 0.3) is 0 Å². The molecule has 0 bridgehead atoms. The van der Waals surface area contributed by atoms with E-state index in [0.29, 0.717) is 5.92 Å². The molecule has 1 N–H and O–H groups in total. The average molecular weight is 294 g/mol. The molecule has 0 saturated carbocycles. The quantitative estimate of drug-likeness (QED) is 0.927. The molecule has 0 spiro atoms. The number of nitrogens with one attached hydrogen (secondary N) is 1. The summed E-state index contributed by atoms with van der Waals surface area (Å²) in [5, 5.41) is 3.39. The smallest absolute Gasteiger partial charge is 0.410 e. The van der Waals surface area contributed by atoms with Crippen LogP contribution >= 0.6 is 0 Å². The van der Waals surface area contributed by atoms with Crippen LogP contribution in [0.3, 0.4) is 0 Å². The van der Waals surface area contributed by atoms with Gasteiger partial charge >= 0.3 is 6.09 Å². The van der Waals surface area contributed by atoms with Crippen molar-refractivity contribution in [3.05, 3.63) is 23.7 Å². The highest BCUT2D eigenvalue weighted by Crippen LogP contribution is 2.19. The second kappa shape index (κ2) is 6.52. The molecule has 2 heterocycles. The molecule has 0 aliphatic carbocycles. The SMILES string of the molecule is Cc1ccc(CNCC2CCN(C(=O)OC(C)(C)C)C2)o1. The number of nitrogens with zero attached hydrogens (tertiary/aromatic N) is 1. The van der Waals surface area contributed by atoms with E-state index in [1.807, 2.05) is 39.8 Å². The molecule has 1 aromatic heterocycles. The third-order valence-corrected chi connectivity index (χ3v) is 3.47. The first-order chi connectivity index (χ1) is 9.83. The van der Waals surface area contributed by atoms with Crippen LogP contribution in [0.2, 0.25) is 0 Å². The fraction of sp³-hybridized carbons (Fsp3) is 0.688. The fourth-order valence-corrected chi connectivity index (χ4v) is 2.47. The van der Waals surface area contributed by atoms with Crippen molar-refractivity contribution in [2.24, 2.45) is 5.92 Å². The van der Waals surface area contributed by atoms with Crippen LogP contribution in [0.5, 0.6) is 0 Å². The lowest BCUT2D eigenvalue weighted by atomic mass is 10.1. The number of ether oxygens (including phenoxy) is 1. The van der Waals surface area contributed by atoms with E-state index in [1.165, 1.54) is 0 Å². The van der Waals surface area contributed by atoms with Crippen molar-refractivity contribution in [3.63, 3.8) is 0 Å². The minimum Gasteiger partial charge on any atom is -0.465 e. The van der Waals surface area contributed by atoms with E-state index in [1.54, 1.807) is 4.90 Å². The maximum absolute atomic E-state index is 12.0. The molecule has 1 amide bonds. The minimum absolute atomic E-state index is 0.202. The van der Waals surface area contributed by atoms with E-state index >= 15 is 0 Å². The summed E-state index contributed by atoms with van der Waals surface area (Å²) >= 11 is 0. The zero-order valence-corrected chi connectivity index (χ0v) is 13.4. The van der Waals surface area contributed by atoms with Gasteiger partial charge in [0.1, 0.15) is 17.1 Å². The van der Waals surface area contributed by atoms with Gasteiger partial charge in [-0.3, -0.25) is 0 Å². The van der Waals surface area contributed by atoms with E-state index in [9.17, 15) is 4.79 Å². The Labute approximate surface area is 126 Å². The summed E-state index contributed by atoms with van der Waals surface area (Å²) in [5.74, 6) is 2.37. The number of hydrogen-bond donors (Lipinski definition) is 1. The van der Waals surface area contributed by atoms with Gasteiger partial charge in [-0.1, -0.05) is 0 Å². The molecule has 5 nitrogen and oxygen atoms in total. The Kier molecular flexibility index (Phi) is 4.93. The first kappa shape index (κ1) is 15.9. The van der Waals surface area contributed by atoms with Crippen LogP contribution in [0.1, 0.15) is 38.7 Å². The minimum atomic E-state index is -0.426. The molecular formula is C16H26N2O3. The zero-order chi connectivity index (χ0) is 15.5. The van der Waals surface area contributed by atoms with Gasteiger partial charge in [0.25, 0.3) is 0 Å². The molecule has 1 saturated heterocycles. The number of hydrogen-bond acceptors (Lipinski definition) is 4. The van der Waals surface area contributed by atoms with Gasteiger partial charge in [0.05, 0.1) is 6.54 Å². The van der Waals surface area contributed by atoms with Crippen molar-refractivity contribution in [3.8, 4) is 0 Å². The van der Waals surface area contributed by atoms with Gasteiger partial charge < -0.3 is 19.4 Å². The molecule has 0 aromatic carbocycles. The zero-order valence-electron chi connectivity index (χ0n) is 13.4. The van der Waals surface area contributed by atoms with Crippen LogP contribution in [0.15, 0.2) is 16.5 Å². The summed E-state index contributed by atoms with van der Waals surface area (Å²) in [7, 11) is 0. The third-order valence-electron chi connectivity index (χ3n) is 3.47. The highest BCUT2D eigenvalue weighted by molar-refractivity contribution is 5.68. The van der Waals surface area contributed by atoms with Crippen LogP contribution in [-0.4, -0.2) is 36.2 Å². The van der Waals surface area contributed by atoms with E-state index in [-0.39, 0.29) is 6.09 Å². The molecule has 1 unspecified atom stereocenters. The molecule has 0 radical (unpaired) electrons. The largest absolute Gasteiger partial charge is 0.465 e. The van der Waals surface area contributed by atoms with Gasteiger partial charge in [0.15, 0.2) is 0 Å². The molecule has 1 aliphatic heterocycles. The van der Waals surface area contributed by atoms with Gasteiger partial charge in [0, 0.05) is 19.6 Å². The van der Waals surface area contributed by atoms with E-state index in [2.05, 4.69) is 5.32 Å². The van der Waals surface area contributed by atoms with Gasteiger partial charge in [0.2, 0.25) is 0 Å². The first-order valence-corrected chi connectivity index (χ1v) is 7.57. The number of amides is 1. The van der Waals surface area contributed by atoms with Crippen LogP contribution < -0.4 is 5.32 Å². The Morgan fingerprint density at radius 1 is 1.48 bits per heavy atom. The third kappa shape index (κ3) is 5.08. The molecule has 1 fully saturated rings. The number of carbonyl (C=O) groups excluding carboxylic acids is 1. The Morgan fingerprint density at radius 3 is 2.86 bits per heavy atom. The van der Waals surface area contributed by atoms with E-state index in [4.69, 9.17) is 9.15 Å². The second-order valence-corrected chi connectivity index (χ2v) is 6.72. The lowest BCUT2D eigenvalue weighted by molar-refractivity contribution is 0.0288. The predicted octanol–water partition coefficient (Wildman–Crippen LogP) is 2.93. The lowest BCUT2D eigenvalue weighted by Crippen LogP contribution is -2.36. The van der Waals surface area contributed by atoms with Crippen LogP contribution in [0, 0.1) is 12.8 Å².